The molecule has 28 heavy (non-hydrogen) atoms. The number of hydrogen-bond acceptors (Lipinski definition) is 6. The molecule has 0 radical (unpaired) electrons. The summed E-state index contributed by atoms with van der Waals surface area (Å²) in [6.07, 6.45) is 1.87. The first-order valence-corrected chi connectivity index (χ1v) is 9.87. The average molecular weight is 419 g/mol. The number of rotatable bonds is 5. The Morgan fingerprint density at radius 1 is 1.21 bits per heavy atom. The summed E-state index contributed by atoms with van der Waals surface area (Å²) in [6, 6.07) is 10.3. The zero-order valence-corrected chi connectivity index (χ0v) is 16.3. The molecule has 1 amide bonds. The molecule has 144 valence electrons. The van der Waals surface area contributed by atoms with E-state index in [0.717, 1.165) is 22.6 Å². The van der Waals surface area contributed by atoms with Crippen LogP contribution >= 0.6 is 23.4 Å². The minimum Gasteiger partial charge on any atom is -0.348 e. The molecule has 2 atom stereocenters. The van der Waals surface area contributed by atoms with Crippen molar-refractivity contribution in [3.63, 3.8) is 0 Å². The van der Waals surface area contributed by atoms with Gasteiger partial charge in [0.25, 0.3) is 5.69 Å². The monoisotopic (exact) mass is 418 g/mol. The van der Waals surface area contributed by atoms with E-state index in [0.29, 0.717) is 0 Å². The molecule has 7 nitrogen and oxygen atoms in total. The van der Waals surface area contributed by atoms with Gasteiger partial charge in [0.05, 0.1) is 16.5 Å². The number of carbonyl (C=O) groups excluding carboxylic acids is 3. The molecule has 1 N–H and O–H groups in total. The number of benzene rings is 2. The van der Waals surface area contributed by atoms with Crippen molar-refractivity contribution >= 4 is 46.5 Å². The van der Waals surface area contributed by atoms with Gasteiger partial charge in [-0.05, 0) is 36.1 Å². The third kappa shape index (κ3) is 3.93. The third-order valence-corrected chi connectivity index (χ3v) is 5.49. The van der Waals surface area contributed by atoms with Gasteiger partial charge in [0.15, 0.2) is 17.5 Å². The summed E-state index contributed by atoms with van der Waals surface area (Å²) in [6.45, 7) is 0. The zero-order valence-electron chi connectivity index (χ0n) is 14.7. The fraction of sp³-hybridized carbons (Fsp3) is 0.211. The first-order valence-electron chi connectivity index (χ1n) is 8.27. The van der Waals surface area contributed by atoms with Crippen LogP contribution in [0.3, 0.4) is 0 Å². The van der Waals surface area contributed by atoms with Crippen LogP contribution in [-0.2, 0) is 9.59 Å². The van der Waals surface area contributed by atoms with Gasteiger partial charge in [-0.2, -0.15) is 0 Å². The molecule has 9 heteroatoms. The maximum absolute atomic E-state index is 12.8. The fourth-order valence-electron chi connectivity index (χ4n) is 3.09. The number of hydrogen-bond donors (Lipinski definition) is 1. The van der Waals surface area contributed by atoms with Crippen LogP contribution in [-0.4, -0.2) is 28.7 Å². The number of piperidine rings is 1. The highest BCUT2D eigenvalue weighted by Crippen LogP contribution is 2.30. The first-order chi connectivity index (χ1) is 13.3. The minimum absolute atomic E-state index is 0.0673. The lowest BCUT2D eigenvalue weighted by Crippen LogP contribution is -2.48. The SMILES string of the molecule is CSc1ccc(C2CC(=O)C(C(=O)c3ccc(Cl)cc3[N+](=O)[O-])C(=O)N2)cc1. The second-order valence-corrected chi connectivity index (χ2v) is 7.54. The quantitative estimate of drug-likeness (QED) is 0.261. The number of nitrogens with one attached hydrogen (secondary N) is 1. The second kappa shape index (κ2) is 8.12. The van der Waals surface area contributed by atoms with Gasteiger partial charge >= 0.3 is 0 Å². The molecule has 0 saturated carbocycles. The third-order valence-electron chi connectivity index (χ3n) is 4.51. The van der Waals surface area contributed by atoms with Crippen LogP contribution in [0.4, 0.5) is 5.69 Å². The molecule has 2 aromatic rings. The Kier molecular flexibility index (Phi) is 5.81. The van der Waals surface area contributed by atoms with Crippen molar-refractivity contribution in [1.29, 1.82) is 0 Å². The topological polar surface area (TPSA) is 106 Å². The van der Waals surface area contributed by atoms with Crippen molar-refractivity contribution in [2.24, 2.45) is 5.92 Å². The maximum Gasteiger partial charge on any atom is 0.281 e. The van der Waals surface area contributed by atoms with E-state index >= 15 is 0 Å². The number of ketones is 2. The molecule has 0 aliphatic carbocycles. The van der Waals surface area contributed by atoms with Gasteiger partial charge in [-0.1, -0.05) is 23.7 Å². The Hall–Kier alpha value is -2.71. The van der Waals surface area contributed by atoms with Gasteiger partial charge in [-0.3, -0.25) is 24.5 Å². The van der Waals surface area contributed by atoms with Crippen LogP contribution in [0.5, 0.6) is 0 Å². The van der Waals surface area contributed by atoms with E-state index in [2.05, 4.69) is 5.32 Å². The predicted octanol–water partition coefficient (Wildman–Crippen LogP) is 3.60. The lowest BCUT2D eigenvalue weighted by molar-refractivity contribution is -0.385. The van der Waals surface area contributed by atoms with Gasteiger partial charge in [0.1, 0.15) is 0 Å². The number of Topliss-reactive ketones (excluding diaryl/α,β-unsaturated/α-hetero) is 2. The Bertz CT molecular complexity index is 959. The molecule has 2 aromatic carbocycles. The number of thioether (sulfide) groups is 1. The second-order valence-electron chi connectivity index (χ2n) is 6.22. The standard InChI is InChI=1S/C19H15ClN2O5S/c1-28-12-5-2-10(3-6-12)14-9-16(23)17(19(25)21-14)18(24)13-7-4-11(20)8-15(13)22(26)27/h2-8,14,17H,9H2,1H3,(H,21,25). The van der Waals surface area contributed by atoms with Crippen molar-refractivity contribution in [2.45, 2.75) is 17.4 Å². The van der Waals surface area contributed by atoms with E-state index in [1.807, 2.05) is 30.5 Å². The van der Waals surface area contributed by atoms with Crippen LogP contribution in [0, 0.1) is 16.0 Å². The Morgan fingerprint density at radius 3 is 2.46 bits per heavy atom. The van der Waals surface area contributed by atoms with Crippen molar-refractivity contribution < 1.29 is 19.3 Å². The molecule has 3 rings (SSSR count). The van der Waals surface area contributed by atoms with Crippen LogP contribution in [0.15, 0.2) is 47.4 Å². The van der Waals surface area contributed by atoms with E-state index < -0.39 is 40.0 Å². The maximum atomic E-state index is 12.8. The van der Waals surface area contributed by atoms with E-state index in [1.165, 1.54) is 6.07 Å². The summed E-state index contributed by atoms with van der Waals surface area (Å²) < 4.78 is 0. The van der Waals surface area contributed by atoms with Crippen molar-refractivity contribution in [3.05, 3.63) is 68.7 Å². The Labute approximate surface area is 169 Å². The van der Waals surface area contributed by atoms with Gasteiger partial charge in [0, 0.05) is 22.4 Å². The Balaban J connectivity index is 1.85. The summed E-state index contributed by atoms with van der Waals surface area (Å²) in [5, 5.41) is 14.0. The van der Waals surface area contributed by atoms with Gasteiger partial charge in [0.2, 0.25) is 5.91 Å². The van der Waals surface area contributed by atoms with E-state index in [-0.39, 0.29) is 17.0 Å². The van der Waals surface area contributed by atoms with Crippen molar-refractivity contribution in [3.8, 4) is 0 Å². The number of nitro benzene ring substituents is 1. The smallest absolute Gasteiger partial charge is 0.281 e. The summed E-state index contributed by atoms with van der Waals surface area (Å²) in [7, 11) is 0. The number of nitrogens with zero attached hydrogens (tertiary/aromatic N) is 1. The lowest BCUT2D eigenvalue weighted by Gasteiger charge is -2.27. The zero-order chi connectivity index (χ0) is 20.4. The largest absolute Gasteiger partial charge is 0.348 e. The van der Waals surface area contributed by atoms with Crippen LogP contribution in [0.2, 0.25) is 5.02 Å². The number of carbonyl (C=O) groups is 3. The van der Waals surface area contributed by atoms with Crippen LogP contribution in [0.1, 0.15) is 28.4 Å². The number of halogens is 1. The average Bonchev–Trinajstić information content (AvgIpc) is 2.67. The number of amides is 1. The molecular weight excluding hydrogens is 404 g/mol. The molecule has 1 aliphatic heterocycles. The first kappa shape index (κ1) is 20.0. The van der Waals surface area contributed by atoms with Crippen molar-refractivity contribution in [2.75, 3.05) is 6.26 Å². The highest BCUT2D eigenvalue weighted by Gasteiger charge is 2.42. The van der Waals surface area contributed by atoms with Crippen LogP contribution in [0.25, 0.3) is 0 Å². The highest BCUT2D eigenvalue weighted by molar-refractivity contribution is 7.98. The van der Waals surface area contributed by atoms with Crippen molar-refractivity contribution in [1.82, 2.24) is 5.32 Å². The molecular formula is C19H15ClN2O5S. The Morgan fingerprint density at radius 2 is 1.89 bits per heavy atom. The van der Waals surface area contributed by atoms with Crippen LogP contribution < -0.4 is 5.32 Å². The molecule has 1 aliphatic rings. The summed E-state index contributed by atoms with van der Waals surface area (Å²) in [5.74, 6) is -3.84. The molecule has 1 fully saturated rings. The van der Waals surface area contributed by atoms with E-state index in [9.17, 15) is 24.5 Å². The molecule has 2 unspecified atom stereocenters. The normalized spacial score (nSPS) is 19.2. The molecule has 0 bridgehead atoms. The summed E-state index contributed by atoms with van der Waals surface area (Å²) in [5.41, 5.74) is -0.0959. The molecule has 1 heterocycles. The molecule has 1 saturated heterocycles. The van der Waals surface area contributed by atoms with Gasteiger partial charge in [-0.25, -0.2) is 0 Å². The fourth-order valence-corrected chi connectivity index (χ4v) is 3.67. The van der Waals surface area contributed by atoms with Gasteiger partial charge in [-0.15, -0.1) is 11.8 Å². The number of nitro groups is 1. The van der Waals surface area contributed by atoms with E-state index in [1.54, 1.807) is 11.8 Å². The lowest BCUT2D eigenvalue weighted by atomic mass is 9.84. The highest BCUT2D eigenvalue weighted by atomic mass is 35.5. The minimum atomic E-state index is -1.61. The van der Waals surface area contributed by atoms with Gasteiger partial charge < -0.3 is 5.32 Å². The predicted molar refractivity (Wildman–Crippen MR) is 105 cm³/mol. The summed E-state index contributed by atoms with van der Waals surface area (Å²) >= 11 is 7.32. The molecule has 0 spiro atoms. The summed E-state index contributed by atoms with van der Waals surface area (Å²) in [4.78, 5) is 49.4. The molecule has 0 aromatic heterocycles. The van der Waals surface area contributed by atoms with E-state index in [4.69, 9.17) is 11.6 Å².